The molecule has 0 aliphatic rings. The van der Waals surface area contributed by atoms with Crippen molar-refractivity contribution in [1.82, 2.24) is 10.2 Å². The summed E-state index contributed by atoms with van der Waals surface area (Å²) in [6, 6.07) is 14.5. The standard InChI is InChI=1S/C17H13N5O4S2/c23-14(18-12-6-2-1-3-7-12)10-27-17-21-20-16(28-17)19-15(24)11-5-4-8-13(9-11)22(25)26/h1-9H,10H2,(H,18,23)(H,19,20,24). The van der Waals surface area contributed by atoms with Crippen LogP contribution in [-0.2, 0) is 4.79 Å². The summed E-state index contributed by atoms with van der Waals surface area (Å²) in [4.78, 5) is 34.4. The number of nitro benzene ring substituents is 1. The van der Waals surface area contributed by atoms with Gasteiger partial charge in [0, 0.05) is 23.4 Å². The van der Waals surface area contributed by atoms with Crippen molar-refractivity contribution in [3.63, 3.8) is 0 Å². The van der Waals surface area contributed by atoms with Crippen molar-refractivity contribution in [2.24, 2.45) is 0 Å². The Hall–Kier alpha value is -3.31. The third kappa shape index (κ3) is 5.34. The van der Waals surface area contributed by atoms with E-state index in [0.29, 0.717) is 10.0 Å². The van der Waals surface area contributed by atoms with Crippen molar-refractivity contribution < 1.29 is 14.5 Å². The van der Waals surface area contributed by atoms with Crippen molar-refractivity contribution in [1.29, 1.82) is 0 Å². The van der Waals surface area contributed by atoms with E-state index < -0.39 is 10.8 Å². The highest BCUT2D eigenvalue weighted by atomic mass is 32.2. The summed E-state index contributed by atoms with van der Waals surface area (Å²) in [5.41, 5.74) is 0.668. The van der Waals surface area contributed by atoms with E-state index in [-0.39, 0.29) is 28.0 Å². The number of benzene rings is 2. The van der Waals surface area contributed by atoms with Crippen molar-refractivity contribution in [2.45, 2.75) is 4.34 Å². The first-order valence-corrected chi connectivity index (χ1v) is 9.68. The Labute approximate surface area is 167 Å². The molecule has 28 heavy (non-hydrogen) atoms. The molecule has 0 saturated carbocycles. The first-order chi connectivity index (χ1) is 13.5. The fourth-order valence-corrected chi connectivity index (χ4v) is 3.64. The van der Waals surface area contributed by atoms with Crippen LogP contribution in [0.25, 0.3) is 0 Å². The number of nitrogens with zero attached hydrogens (tertiary/aromatic N) is 3. The summed E-state index contributed by atoms with van der Waals surface area (Å²) in [5, 5.41) is 24.1. The molecule has 2 N–H and O–H groups in total. The summed E-state index contributed by atoms with van der Waals surface area (Å²) in [6.07, 6.45) is 0. The van der Waals surface area contributed by atoms with Crippen LogP contribution in [-0.4, -0.2) is 32.7 Å². The quantitative estimate of drug-likeness (QED) is 0.262. The van der Waals surface area contributed by atoms with Crippen LogP contribution < -0.4 is 10.6 Å². The number of para-hydroxylation sites is 1. The maximum atomic E-state index is 12.2. The molecule has 0 fully saturated rings. The molecular formula is C17H13N5O4S2. The van der Waals surface area contributed by atoms with Gasteiger partial charge in [-0.3, -0.25) is 25.0 Å². The number of anilines is 2. The highest BCUT2D eigenvalue weighted by molar-refractivity contribution is 8.01. The molecule has 0 saturated heterocycles. The minimum absolute atomic E-state index is 0.140. The number of nitro groups is 1. The zero-order chi connectivity index (χ0) is 19.9. The first-order valence-electron chi connectivity index (χ1n) is 7.88. The number of rotatable bonds is 7. The average Bonchev–Trinajstić information content (AvgIpc) is 3.14. The number of carbonyl (C=O) groups is 2. The fraction of sp³-hybridized carbons (Fsp3) is 0.0588. The van der Waals surface area contributed by atoms with Gasteiger partial charge in [0.05, 0.1) is 10.7 Å². The number of nitrogens with one attached hydrogen (secondary N) is 2. The summed E-state index contributed by atoms with van der Waals surface area (Å²) in [5.74, 6) is -0.575. The van der Waals surface area contributed by atoms with E-state index in [2.05, 4.69) is 20.8 Å². The Morgan fingerprint density at radius 3 is 2.61 bits per heavy atom. The molecule has 3 aromatic rings. The second-order valence-corrected chi connectivity index (χ2v) is 7.54. The van der Waals surface area contributed by atoms with Gasteiger partial charge in [0.15, 0.2) is 4.34 Å². The third-order valence-corrected chi connectivity index (χ3v) is 5.30. The lowest BCUT2D eigenvalue weighted by Gasteiger charge is -2.03. The molecule has 0 aliphatic carbocycles. The molecular weight excluding hydrogens is 402 g/mol. The van der Waals surface area contributed by atoms with Crippen LogP contribution in [0.4, 0.5) is 16.5 Å². The number of aromatic nitrogens is 2. The van der Waals surface area contributed by atoms with Gasteiger partial charge in [-0.1, -0.05) is 47.4 Å². The van der Waals surface area contributed by atoms with Crippen LogP contribution in [0.2, 0.25) is 0 Å². The lowest BCUT2D eigenvalue weighted by Crippen LogP contribution is -2.13. The third-order valence-electron chi connectivity index (χ3n) is 3.33. The van der Waals surface area contributed by atoms with E-state index >= 15 is 0 Å². The molecule has 0 radical (unpaired) electrons. The second-order valence-electron chi connectivity index (χ2n) is 5.34. The highest BCUT2D eigenvalue weighted by Gasteiger charge is 2.14. The predicted molar refractivity (Wildman–Crippen MR) is 107 cm³/mol. The van der Waals surface area contributed by atoms with Gasteiger partial charge in [-0.2, -0.15) is 0 Å². The Balaban J connectivity index is 1.54. The van der Waals surface area contributed by atoms with Crippen molar-refractivity contribution in [3.05, 3.63) is 70.3 Å². The topological polar surface area (TPSA) is 127 Å². The molecule has 2 aromatic carbocycles. The lowest BCUT2D eigenvalue weighted by atomic mass is 10.2. The summed E-state index contributed by atoms with van der Waals surface area (Å²) in [7, 11) is 0. The van der Waals surface area contributed by atoms with Gasteiger partial charge >= 0.3 is 0 Å². The van der Waals surface area contributed by atoms with Crippen LogP contribution in [0, 0.1) is 10.1 Å². The van der Waals surface area contributed by atoms with Crippen LogP contribution in [0.1, 0.15) is 10.4 Å². The van der Waals surface area contributed by atoms with Crippen LogP contribution in [0.3, 0.4) is 0 Å². The van der Waals surface area contributed by atoms with Gasteiger partial charge in [-0.15, -0.1) is 10.2 Å². The molecule has 0 atom stereocenters. The predicted octanol–water partition coefficient (Wildman–Crippen LogP) is 3.43. The summed E-state index contributed by atoms with van der Waals surface area (Å²) < 4.78 is 0.512. The van der Waals surface area contributed by atoms with Crippen molar-refractivity contribution in [3.8, 4) is 0 Å². The van der Waals surface area contributed by atoms with E-state index in [0.717, 1.165) is 11.3 Å². The molecule has 1 heterocycles. The largest absolute Gasteiger partial charge is 0.325 e. The smallest absolute Gasteiger partial charge is 0.270 e. The van der Waals surface area contributed by atoms with Crippen LogP contribution >= 0.6 is 23.1 Å². The molecule has 9 nitrogen and oxygen atoms in total. The monoisotopic (exact) mass is 415 g/mol. The maximum Gasteiger partial charge on any atom is 0.270 e. The van der Waals surface area contributed by atoms with E-state index in [1.807, 2.05) is 18.2 Å². The first kappa shape index (κ1) is 19.5. The van der Waals surface area contributed by atoms with Crippen molar-refractivity contribution >= 4 is 51.4 Å². The van der Waals surface area contributed by atoms with Gasteiger partial charge < -0.3 is 5.32 Å². The number of non-ortho nitro benzene ring substituents is 1. The number of hydrogen-bond acceptors (Lipinski definition) is 8. The number of hydrogen-bond donors (Lipinski definition) is 2. The number of amides is 2. The molecule has 0 bridgehead atoms. The Morgan fingerprint density at radius 1 is 1.07 bits per heavy atom. The second kappa shape index (κ2) is 9.06. The SMILES string of the molecule is O=C(CSc1nnc(NC(=O)c2cccc([N+](=O)[O-])c2)s1)Nc1ccccc1. The Morgan fingerprint density at radius 2 is 1.86 bits per heavy atom. The summed E-state index contributed by atoms with van der Waals surface area (Å²) >= 11 is 2.30. The van der Waals surface area contributed by atoms with E-state index in [4.69, 9.17) is 0 Å². The maximum absolute atomic E-state index is 12.2. The highest BCUT2D eigenvalue weighted by Crippen LogP contribution is 2.26. The Bertz CT molecular complexity index is 1010. The summed E-state index contributed by atoms with van der Waals surface area (Å²) in [6.45, 7) is 0. The van der Waals surface area contributed by atoms with Crippen LogP contribution in [0.5, 0.6) is 0 Å². The molecule has 0 spiro atoms. The normalized spacial score (nSPS) is 10.3. The molecule has 11 heteroatoms. The molecule has 0 aliphatic heterocycles. The Kier molecular flexibility index (Phi) is 6.29. The molecule has 2 amide bonds. The van der Waals surface area contributed by atoms with E-state index in [1.54, 1.807) is 12.1 Å². The lowest BCUT2D eigenvalue weighted by molar-refractivity contribution is -0.384. The molecule has 142 valence electrons. The van der Waals surface area contributed by atoms with Gasteiger partial charge in [-0.05, 0) is 18.2 Å². The van der Waals surface area contributed by atoms with Gasteiger partial charge in [0.25, 0.3) is 11.6 Å². The van der Waals surface area contributed by atoms with E-state index in [1.165, 1.54) is 36.0 Å². The minimum atomic E-state index is -0.572. The average molecular weight is 415 g/mol. The number of thioether (sulfide) groups is 1. The fourth-order valence-electron chi connectivity index (χ4n) is 2.09. The number of carbonyl (C=O) groups excluding carboxylic acids is 2. The zero-order valence-electron chi connectivity index (χ0n) is 14.2. The van der Waals surface area contributed by atoms with Gasteiger partial charge in [0.2, 0.25) is 11.0 Å². The van der Waals surface area contributed by atoms with Gasteiger partial charge in [0.1, 0.15) is 0 Å². The molecule has 1 aromatic heterocycles. The zero-order valence-corrected chi connectivity index (χ0v) is 15.8. The molecule has 0 unspecified atom stereocenters. The minimum Gasteiger partial charge on any atom is -0.325 e. The molecule has 3 rings (SSSR count). The van der Waals surface area contributed by atoms with E-state index in [9.17, 15) is 19.7 Å². The van der Waals surface area contributed by atoms with Gasteiger partial charge in [-0.25, -0.2) is 0 Å². The van der Waals surface area contributed by atoms with Crippen molar-refractivity contribution in [2.75, 3.05) is 16.4 Å². The van der Waals surface area contributed by atoms with Crippen LogP contribution in [0.15, 0.2) is 58.9 Å².